The number of pyridine rings is 1. The van der Waals surface area contributed by atoms with E-state index in [1.807, 2.05) is 0 Å². The maximum Gasteiger partial charge on any atom is 1.00 e. The van der Waals surface area contributed by atoms with E-state index in [9.17, 15) is 9.90 Å². The number of carbonyl (C=O) groups is 1. The van der Waals surface area contributed by atoms with E-state index in [2.05, 4.69) is 4.98 Å². The zero-order valence-corrected chi connectivity index (χ0v) is 10.3. The summed E-state index contributed by atoms with van der Waals surface area (Å²) in [7, 11) is 0. The minimum atomic E-state index is -1.69. The van der Waals surface area contributed by atoms with Gasteiger partial charge in [0.25, 0.3) is 0 Å². The molecule has 74 valence electrons. The number of nitrogens with two attached hydrogens (primary N) is 2. The summed E-state index contributed by atoms with van der Waals surface area (Å²) < 4.78 is 0. The van der Waals surface area contributed by atoms with E-state index in [-0.39, 0.29) is 41.2 Å². The quantitative estimate of drug-likeness (QED) is 0.455. The van der Waals surface area contributed by atoms with Crippen LogP contribution in [0.2, 0.25) is 0 Å². The Bertz CT molecular complexity index is 490. The molecule has 1 aromatic rings. The largest absolute Gasteiger partial charge is 1.00 e. The summed E-state index contributed by atoms with van der Waals surface area (Å²) in [5.41, 5.74) is 9.11. The number of nitrogens with zero attached hydrogens (tertiary/aromatic N) is 3. The second kappa shape index (κ2) is 5.33. The summed E-state index contributed by atoms with van der Waals surface area (Å²) in [6, 6.07) is 3.06. The summed E-state index contributed by atoms with van der Waals surface area (Å²) in [6.45, 7) is 0. The number of rotatable bonds is 1. The fraction of sp³-hybridized carbons (Fsp3) is 0. The van der Waals surface area contributed by atoms with Gasteiger partial charge in [-0.25, -0.2) is 4.98 Å². The van der Waals surface area contributed by atoms with E-state index in [1.54, 1.807) is 0 Å². The number of hydrogen-bond acceptors (Lipinski definition) is 7. The van der Waals surface area contributed by atoms with E-state index >= 15 is 0 Å². The molecule has 1 heterocycles. The van der Waals surface area contributed by atoms with Crippen molar-refractivity contribution in [3.63, 3.8) is 0 Å². The summed E-state index contributed by atoms with van der Waals surface area (Å²) in [5, 5.41) is 28.0. The number of hydrogen-bond donors (Lipinski definition) is 2. The summed E-state index contributed by atoms with van der Waals surface area (Å²) in [4.78, 5) is 14.2. The van der Waals surface area contributed by atoms with Gasteiger partial charge in [-0.2, -0.15) is 10.5 Å². The Labute approximate surface area is 113 Å². The summed E-state index contributed by atoms with van der Waals surface area (Å²) in [5.74, 6) is -2.37. The van der Waals surface area contributed by atoms with Crippen LogP contribution in [-0.4, -0.2) is 11.0 Å². The second-order valence-corrected chi connectivity index (χ2v) is 2.52. The standard InChI is InChI=1S/C8H5N5O2.Na/c9-1-3-5(8(14)15)4(2-10)7(12)13-6(3)11;/h(H,14,15)(H4,11,12,13);/q;+1/p-1. The Balaban J connectivity index is 0.00000225. The molecule has 0 saturated carbocycles. The van der Waals surface area contributed by atoms with Crippen LogP contribution in [0.25, 0.3) is 0 Å². The van der Waals surface area contributed by atoms with Gasteiger partial charge in [0.1, 0.15) is 34.9 Å². The molecule has 0 amide bonds. The van der Waals surface area contributed by atoms with E-state index in [0.717, 1.165) is 0 Å². The average Bonchev–Trinajstić information content (AvgIpc) is 2.16. The third kappa shape index (κ3) is 2.23. The van der Waals surface area contributed by atoms with Gasteiger partial charge in [0.2, 0.25) is 0 Å². The fourth-order valence-electron chi connectivity index (χ4n) is 1.05. The monoisotopic (exact) mass is 225 g/mol. The van der Waals surface area contributed by atoms with E-state index < -0.39 is 22.7 Å². The number of aromatic carboxylic acids is 1. The molecule has 0 aliphatic heterocycles. The van der Waals surface area contributed by atoms with Crippen LogP contribution in [-0.2, 0) is 0 Å². The van der Waals surface area contributed by atoms with Crippen molar-refractivity contribution in [1.29, 1.82) is 10.5 Å². The van der Waals surface area contributed by atoms with Gasteiger partial charge in [0, 0.05) is 5.56 Å². The molecule has 0 spiro atoms. The van der Waals surface area contributed by atoms with E-state index in [0.29, 0.717) is 0 Å². The first-order valence-electron chi connectivity index (χ1n) is 3.63. The van der Waals surface area contributed by atoms with Crippen molar-refractivity contribution in [3.8, 4) is 12.1 Å². The Morgan fingerprint density at radius 1 is 1.19 bits per heavy atom. The number of carboxylic acids is 1. The topological polar surface area (TPSA) is 153 Å². The molecule has 0 fully saturated rings. The number of carbonyl (C=O) groups excluding carboxylic acids is 1. The molecule has 0 aliphatic rings. The Morgan fingerprint density at radius 2 is 1.56 bits per heavy atom. The van der Waals surface area contributed by atoms with Crippen molar-refractivity contribution in [3.05, 3.63) is 16.7 Å². The van der Waals surface area contributed by atoms with Crippen molar-refractivity contribution in [2.45, 2.75) is 0 Å². The molecule has 4 N–H and O–H groups in total. The molecule has 8 heteroatoms. The van der Waals surface area contributed by atoms with Crippen LogP contribution in [0.15, 0.2) is 0 Å². The summed E-state index contributed by atoms with van der Waals surface area (Å²) in [6.07, 6.45) is 0. The normalized spacial score (nSPS) is 8.38. The SMILES string of the molecule is N#Cc1c(N)nc(N)c(C#N)c1C(=O)[O-].[Na+]. The van der Waals surface area contributed by atoms with Crippen LogP contribution in [0, 0.1) is 22.7 Å². The molecule has 0 aliphatic carbocycles. The predicted molar refractivity (Wildman–Crippen MR) is 46.8 cm³/mol. The smallest absolute Gasteiger partial charge is 0.545 e. The van der Waals surface area contributed by atoms with Gasteiger partial charge in [-0.1, -0.05) is 0 Å². The first-order valence-corrected chi connectivity index (χ1v) is 3.63. The number of aromatic nitrogens is 1. The average molecular weight is 225 g/mol. The molecule has 7 nitrogen and oxygen atoms in total. The van der Waals surface area contributed by atoms with Crippen LogP contribution < -0.4 is 46.1 Å². The van der Waals surface area contributed by atoms with Gasteiger partial charge < -0.3 is 21.4 Å². The van der Waals surface area contributed by atoms with Gasteiger partial charge in [-0.3, -0.25) is 0 Å². The van der Waals surface area contributed by atoms with Crippen LogP contribution in [0.3, 0.4) is 0 Å². The molecule has 0 aromatic carbocycles. The minimum Gasteiger partial charge on any atom is -0.545 e. The number of nitriles is 2. The number of anilines is 2. The second-order valence-electron chi connectivity index (χ2n) is 2.52. The Morgan fingerprint density at radius 3 is 1.81 bits per heavy atom. The molecule has 0 atom stereocenters. The molecular formula is C8H4N5NaO2. The van der Waals surface area contributed by atoms with Crippen LogP contribution in [0.4, 0.5) is 11.6 Å². The minimum absolute atomic E-state index is 0. The van der Waals surface area contributed by atoms with Gasteiger partial charge in [0.15, 0.2) is 0 Å². The van der Waals surface area contributed by atoms with Crippen molar-refractivity contribution in [2.24, 2.45) is 0 Å². The first kappa shape index (κ1) is 14.2. The molecule has 1 rings (SSSR count). The molecule has 1 aromatic heterocycles. The summed E-state index contributed by atoms with van der Waals surface area (Å²) >= 11 is 0. The van der Waals surface area contributed by atoms with Gasteiger partial charge in [0.05, 0.1) is 5.97 Å². The first-order chi connectivity index (χ1) is 7.02. The van der Waals surface area contributed by atoms with Crippen LogP contribution in [0.5, 0.6) is 0 Å². The number of nitrogen functional groups attached to an aromatic ring is 2. The maximum atomic E-state index is 10.7. The predicted octanol–water partition coefficient (Wildman–Crippen LogP) is -4.64. The molecule has 0 saturated heterocycles. The molecule has 0 unspecified atom stereocenters. The van der Waals surface area contributed by atoms with Crippen LogP contribution >= 0.6 is 0 Å². The maximum absolute atomic E-state index is 10.7. The van der Waals surface area contributed by atoms with Crippen molar-refractivity contribution < 1.29 is 39.5 Å². The van der Waals surface area contributed by atoms with Gasteiger partial charge in [-0.05, 0) is 0 Å². The van der Waals surface area contributed by atoms with Gasteiger partial charge >= 0.3 is 29.6 Å². The molecule has 0 bridgehead atoms. The van der Waals surface area contributed by atoms with E-state index in [1.165, 1.54) is 12.1 Å². The van der Waals surface area contributed by atoms with Crippen molar-refractivity contribution in [1.82, 2.24) is 4.98 Å². The third-order valence-corrected chi connectivity index (χ3v) is 1.68. The number of carboxylic acid groups (broad SMARTS) is 1. The van der Waals surface area contributed by atoms with Gasteiger partial charge in [-0.15, -0.1) is 0 Å². The fourth-order valence-corrected chi connectivity index (χ4v) is 1.05. The Kier molecular flexibility index (Phi) is 4.73. The molecule has 0 radical (unpaired) electrons. The zero-order chi connectivity index (χ0) is 11.6. The zero-order valence-electron chi connectivity index (χ0n) is 8.31. The molecular weight excluding hydrogens is 221 g/mol. The van der Waals surface area contributed by atoms with Crippen molar-refractivity contribution in [2.75, 3.05) is 11.5 Å². The molecule has 16 heavy (non-hydrogen) atoms. The third-order valence-electron chi connectivity index (χ3n) is 1.68. The Hall–Kier alpha value is -1.80. The van der Waals surface area contributed by atoms with E-state index in [4.69, 9.17) is 22.0 Å². The van der Waals surface area contributed by atoms with Crippen LogP contribution in [0.1, 0.15) is 21.5 Å². The van der Waals surface area contributed by atoms with Crippen molar-refractivity contribution >= 4 is 17.6 Å².